The second kappa shape index (κ2) is 14.8. The molecule has 3 atom stereocenters. The van der Waals surface area contributed by atoms with Crippen molar-refractivity contribution in [1.82, 2.24) is 10.2 Å². The second-order valence-electron chi connectivity index (χ2n) is 14.0. The predicted octanol–water partition coefficient (Wildman–Crippen LogP) is 5.84. The molecule has 236 valence electrons. The summed E-state index contributed by atoms with van der Waals surface area (Å²) < 4.78 is 10.7. The molecule has 0 heterocycles. The number of carbonyl (C=O) groups excluding carboxylic acids is 4. The number of benzene rings is 1. The number of nitrogens with one attached hydrogen (secondary N) is 1. The first-order valence-corrected chi connectivity index (χ1v) is 14.8. The zero-order chi connectivity index (χ0) is 32.6. The van der Waals surface area contributed by atoms with E-state index in [1.165, 1.54) is 0 Å². The van der Waals surface area contributed by atoms with Crippen molar-refractivity contribution in [2.45, 2.75) is 113 Å². The van der Waals surface area contributed by atoms with Gasteiger partial charge in [0.25, 0.3) is 0 Å². The fourth-order valence-corrected chi connectivity index (χ4v) is 4.86. The lowest BCUT2D eigenvalue weighted by Gasteiger charge is -2.40. The third-order valence-electron chi connectivity index (χ3n) is 7.39. The molecule has 0 unspecified atom stereocenters. The van der Waals surface area contributed by atoms with Crippen LogP contribution >= 0.6 is 0 Å². The van der Waals surface area contributed by atoms with E-state index < -0.39 is 52.3 Å². The standard InChI is InChI=1S/C34H54N2O6/c1-14-41-31(40)23(4)20-26(22(2)3)36(13)30(39)28(32(5,6)7)35-29(38)25(21-27(37)42-33(8,9)10)34(11,12)24-18-16-15-17-19-24/h15-20,22,25-26,28H,14,21H2,1-13H3,(H,35,38)/b23-20+/t25-,26-,28-/m1/s1. The molecule has 0 aliphatic carbocycles. The van der Waals surface area contributed by atoms with Crippen LogP contribution in [0.2, 0.25) is 0 Å². The smallest absolute Gasteiger partial charge is 0.333 e. The van der Waals surface area contributed by atoms with Crippen molar-refractivity contribution in [2.24, 2.45) is 17.3 Å². The first-order valence-electron chi connectivity index (χ1n) is 14.8. The summed E-state index contributed by atoms with van der Waals surface area (Å²) in [4.78, 5) is 55.1. The topological polar surface area (TPSA) is 102 Å². The third kappa shape index (κ3) is 10.6. The Morgan fingerprint density at radius 2 is 1.50 bits per heavy atom. The molecule has 8 nitrogen and oxygen atoms in total. The quantitative estimate of drug-likeness (QED) is 0.244. The normalized spacial score (nSPS) is 15.0. The summed E-state index contributed by atoms with van der Waals surface area (Å²) in [5.74, 6) is -2.45. The van der Waals surface area contributed by atoms with Crippen LogP contribution in [0.1, 0.15) is 95.1 Å². The first-order chi connectivity index (χ1) is 19.1. The van der Waals surface area contributed by atoms with Crippen molar-refractivity contribution in [3.63, 3.8) is 0 Å². The Kier molecular flexibility index (Phi) is 13.0. The number of hydrogen-bond donors (Lipinski definition) is 1. The van der Waals surface area contributed by atoms with E-state index in [4.69, 9.17) is 9.47 Å². The molecule has 0 saturated heterocycles. The highest BCUT2D eigenvalue weighted by Gasteiger charge is 2.43. The van der Waals surface area contributed by atoms with E-state index in [1.54, 1.807) is 52.6 Å². The first kappa shape index (κ1) is 36.9. The van der Waals surface area contributed by atoms with Crippen LogP contribution in [0, 0.1) is 17.3 Å². The van der Waals surface area contributed by atoms with Gasteiger partial charge in [-0.05, 0) is 51.5 Å². The minimum absolute atomic E-state index is 0.0171. The number of carbonyl (C=O) groups is 4. The summed E-state index contributed by atoms with van der Waals surface area (Å²) in [5, 5.41) is 3.02. The van der Waals surface area contributed by atoms with Gasteiger partial charge in [-0.15, -0.1) is 0 Å². The lowest BCUT2D eigenvalue weighted by molar-refractivity contribution is -0.158. The van der Waals surface area contributed by atoms with Crippen molar-refractivity contribution in [1.29, 1.82) is 0 Å². The van der Waals surface area contributed by atoms with Crippen LogP contribution < -0.4 is 5.32 Å². The Morgan fingerprint density at radius 1 is 0.952 bits per heavy atom. The Labute approximate surface area is 253 Å². The van der Waals surface area contributed by atoms with Crippen LogP contribution in [0.4, 0.5) is 0 Å². The third-order valence-corrected chi connectivity index (χ3v) is 7.39. The van der Waals surface area contributed by atoms with Gasteiger partial charge in [-0.3, -0.25) is 14.4 Å². The van der Waals surface area contributed by atoms with Crippen LogP contribution in [-0.4, -0.2) is 60.0 Å². The molecular formula is C34H54N2O6. The fourth-order valence-electron chi connectivity index (χ4n) is 4.86. The maximum atomic E-state index is 14.1. The molecule has 8 heteroatoms. The van der Waals surface area contributed by atoms with E-state index in [0.29, 0.717) is 5.57 Å². The van der Waals surface area contributed by atoms with Gasteiger partial charge in [0.15, 0.2) is 0 Å². The number of hydrogen-bond acceptors (Lipinski definition) is 6. The summed E-state index contributed by atoms with van der Waals surface area (Å²) in [6.45, 7) is 22.5. The van der Waals surface area contributed by atoms with Gasteiger partial charge in [0, 0.05) is 18.0 Å². The molecular weight excluding hydrogens is 532 g/mol. The largest absolute Gasteiger partial charge is 0.463 e. The molecule has 0 spiro atoms. The van der Waals surface area contributed by atoms with Crippen molar-refractivity contribution >= 4 is 23.8 Å². The van der Waals surface area contributed by atoms with Gasteiger partial charge in [0.2, 0.25) is 11.8 Å². The highest BCUT2D eigenvalue weighted by Crippen LogP contribution is 2.35. The molecule has 0 aliphatic rings. The van der Waals surface area contributed by atoms with Crippen LogP contribution in [0.5, 0.6) is 0 Å². The van der Waals surface area contributed by atoms with Crippen LogP contribution in [0.3, 0.4) is 0 Å². The van der Waals surface area contributed by atoms with Crippen molar-refractivity contribution in [2.75, 3.05) is 13.7 Å². The number of nitrogens with zero attached hydrogens (tertiary/aromatic N) is 1. The van der Waals surface area contributed by atoms with Gasteiger partial charge in [-0.1, -0.05) is 84.9 Å². The lowest BCUT2D eigenvalue weighted by atomic mass is 9.71. The summed E-state index contributed by atoms with van der Waals surface area (Å²) in [5.41, 5.74) is -0.810. The van der Waals surface area contributed by atoms with Gasteiger partial charge in [0.1, 0.15) is 11.6 Å². The monoisotopic (exact) mass is 586 g/mol. The molecule has 1 rings (SSSR count). The Balaban J connectivity index is 3.48. The van der Waals surface area contributed by atoms with Crippen LogP contribution in [0.25, 0.3) is 0 Å². The number of likely N-dealkylation sites (N-methyl/N-ethyl adjacent to an activating group) is 1. The highest BCUT2D eigenvalue weighted by molar-refractivity contribution is 5.92. The van der Waals surface area contributed by atoms with Gasteiger partial charge >= 0.3 is 11.9 Å². The summed E-state index contributed by atoms with van der Waals surface area (Å²) in [6, 6.07) is 8.24. The molecule has 1 N–H and O–H groups in total. The van der Waals surface area contributed by atoms with Crippen LogP contribution in [0.15, 0.2) is 42.0 Å². The molecule has 1 aromatic rings. The Morgan fingerprint density at radius 3 is 1.95 bits per heavy atom. The number of rotatable bonds is 12. The molecule has 2 amide bonds. The highest BCUT2D eigenvalue weighted by atomic mass is 16.6. The SMILES string of the molecule is CCOC(=O)/C(C)=C/[C@H](C(C)C)N(C)C(=O)[C@@H](NC(=O)[C@@H](CC(=O)OC(C)(C)C)C(C)(C)c1ccccc1)C(C)(C)C. The molecule has 0 aromatic heterocycles. The van der Waals surface area contributed by atoms with Gasteiger partial charge in [-0.2, -0.15) is 0 Å². The average Bonchev–Trinajstić information content (AvgIpc) is 2.86. The lowest BCUT2D eigenvalue weighted by Crippen LogP contribution is -2.58. The Hall–Kier alpha value is -3.16. The molecule has 1 aromatic carbocycles. The molecule has 0 bridgehead atoms. The molecule has 0 aliphatic heterocycles. The van der Waals surface area contributed by atoms with E-state index in [2.05, 4.69) is 5.32 Å². The molecule has 0 fully saturated rings. The van der Waals surface area contributed by atoms with E-state index in [1.807, 2.05) is 78.8 Å². The summed E-state index contributed by atoms with van der Waals surface area (Å²) in [6.07, 6.45) is 1.59. The summed E-state index contributed by atoms with van der Waals surface area (Å²) in [7, 11) is 1.68. The maximum Gasteiger partial charge on any atom is 0.333 e. The number of esters is 2. The van der Waals surface area contributed by atoms with E-state index in [9.17, 15) is 19.2 Å². The van der Waals surface area contributed by atoms with Crippen molar-refractivity contribution in [3.8, 4) is 0 Å². The van der Waals surface area contributed by atoms with E-state index >= 15 is 0 Å². The molecule has 0 radical (unpaired) electrons. The fraction of sp³-hybridized carbons (Fsp3) is 0.647. The van der Waals surface area contributed by atoms with Gasteiger partial charge < -0.3 is 19.7 Å². The van der Waals surface area contributed by atoms with E-state index in [-0.39, 0.29) is 24.9 Å². The Bertz CT molecular complexity index is 1110. The van der Waals surface area contributed by atoms with Crippen LogP contribution in [-0.2, 0) is 34.1 Å². The average molecular weight is 587 g/mol. The zero-order valence-corrected chi connectivity index (χ0v) is 28.1. The zero-order valence-electron chi connectivity index (χ0n) is 28.1. The minimum Gasteiger partial charge on any atom is -0.463 e. The number of amides is 2. The van der Waals surface area contributed by atoms with Gasteiger partial charge in [-0.25, -0.2) is 4.79 Å². The second-order valence-corrected chi connectivity index (χ2v) is 14.0. The van der Waals surface area contributed by atoms with Crippen molar-refractivity contribution < 1.29 is 28.7 Å². The van der Waals surface area contributed by atoms with Crippen molar-refractivity contribution in [3.05, 3.63) is 47.5 Å². The van der Waals surface area contributed by atoms with E-state index in [0.717, 1.165) is 5.56 Å². The summed E-state index contributed by atoms with van der Waals surface area (Å²) >= 11 is 0. The number of ether oxygens (including phenoxy) is 2. The molecule has 42 heavy (non-hydrogen) atoms. The minimum atomic E-state index is -0.903. The maximum absolute atomic E-state index is 14.1. The molecule has 0 saturated carbocycles. The predicted molar refractivity (Wildman–Crippen MR) is 167 cm³/mol. The van der Waals surface area contributed by atoms with Gasteiger partial charge in [0.05, 0.1) is 25.0 Å².